The third-order valence-corrected chi connectivity index (χ3v) is 1.19. The van der Waals surface area contributed by atoms with Crippen LogP contribution in [0.2, 0.25) is 0 Å². The molecule has 0 aliphatic carbocycles. The van der Waals surface area contributed by atoms with Gasteiger partial charge in [0.2, 0.25) is 0 Å². The lowest BCUT2D eigenvalue weighted by atomic mass is 10.6. The van der Waals surface area contributed by atoms with Crippen molar-refractivity contribution >= 4 is 0 Å². The molecule has 0 saturated carbocycles. The lowest BCUT2D eigenvalue weighted by Gasteiger charge is -1.97. The first-order chi connectivity index (χ1) is 5.36. The largest absolute Gasteiger partial charge is 0.359 e. The van der Waals surface area contributed by atoms with Crippen molar-refractivity contribution in [3.05, 3.63) is 12.2 Å². The highest BCUT2D eigenvalue weighted by atomic mass is 16.5. The zero-order chi connectivity index (χ0) is 8.10. The van der Waals surface area contributed by atoms with Crippen molar-refractivity contribution in [2.24, 2.45) is 5.73 Å². The average molecular weight is 156 g/mol. The maximum Gasteiger partial charge on any atom is 0.164 e. The van der Waals surface area contributed by atoms with Gasteiger partial charge in [-0.05, 0) is 6.92 Å². The fourth-order valence-electron chi connectivity index (χ4n) is 0.674. The Morgan fingerprint density at radius 3 is 3.09 bits per heavy atom. The van der Waals surface area contributed by atoms with E-state index in [9.17, 15) is 0 Å². The Morgan fingerprint density at radius 1 is 1.73 bits per heavy atom. The molecule has 1 aromatic heterocycles. The number of hydrogen-bond donors (Lipinski definition) is 1. The Balaban J connectivity index is 2.44. The molecule has 0 unspecified atom stereocenters. The quantitative estimate of drug-likeness (QED) is 0.651. The molecular formula is C6H12N4O. The van der Waals surface area contributed by atoms with E-state index in [0.29, 0.717) is 25.7 Å². The minimum atomic E-state index is 0.374. The van der Waals surface area contributed by atoms with Crippen molar-refractivity contribution in [3.8, 4) is 0 Å². The molecule has 0 aliphatic heterocycles. The molecule has 0 aliphatic rings. The van der Waals surface area contributed by atoms with Crippen LogP contribution in [0.1, 0.15) is 12.7 Å². The molecule has 2 N–H and O–H groups in total. The van der Waals surface area contributed by atoms with Gasteiger partial charge < -0.3 is 10.5 Å². The lowest BCUT2D eigenvalue weighted by molar-refractivity contribution is 0.0787. The summed E-state index contributed by atoms with van der Waals surface area (Å²) in [6.07, 6.45) is 1.61. The highest BCUT2D eigenvalue weighted by Gasteiger charge is 1.95. The second-order valence-corrected chi connectivity index (χ2v) is 2.03. The van der Waals surface area contributed by atoms with Gasteiger partial charge in [0.15, 0.2) is 5.82 Å². The predicted molar refractivity (Wildman–Crippen MR) is 39.5 cm³/mol. The van der Waals surface area contributed by atoms with Crippen molar-refractivity contribution in [2.45, 2.75) is 20.2 Å². The van der Waals surface area contributed by atoms with Gasteiger partial charge in [-0.15, -0.1) is 0 Å². The number of ether oxygens (including phenoxy) is 1. The molecule has 5 nitrogen and oxygen atoms in total. The summed E-state index contributed by atoms with van der Waals surface area (Å²) in [5, 5.41) is 4.02. The normalized spacial score (nSPS) is 10.4. The van der Waals surface area contributed by atoms with Gasteiger partial charge in [-0.2, -0.15) is 5.10 Å². The van der Waals surface area contributed by atoms with Crippen LogP contribution in [-0.2, 0) is 18.0 Å². The van der Waals surface area contributed by atoms with Crippen molar-refractivity contribution in [1.82, 2.24) is 14.8 Å². The summed E-state index contributed by atoms with van der Waals surface area (Å²) in [4.78, 5) is 3.93. The van der Waals surface area contributed by atoms with E-state index in [-0.39, 0.29) is 0 Å². The molecule has 0 spiro atoms. The van der Waals surface area contributed by atoms with Crippen LogP contribution in [0.25, 0.3) is 0 Å². The maximum atomic E-state index is 5.31. The summed E-state index contributed by atoms with van der Waals surface area (Å²) in [5.41, 5.74) is 5.31. The number of aromatic nitrogens is 3. The third-order valence-electron chi connectivity index (χ3n) is 1.19. The fraction of sp³-hybridized carbons (Fsp3) is 0.667. The number of nitrogens with two attached hydrogens (primary N) is 1. The van der Waals surface area contributed by atoms with Gasteiger partial charge in [0.25, 0.3) is 0 Å². The Bertz CT molecular complexity index is 210. The van der Waals surface area contributed by atoms with Gasteiger partial charge in [-0.3, -0.25) is 0 Å². The summed E-state index contributed by atoms with van der Waals surface area (Å²) in [7, 11) is 0. The van der Waals surface area contributed by atoms with Gasteiger partial charge in [0, 0.05) is 6.61 Å². The monoisotopic (exact) mass is 156 g/mol. The van der Waals surface area contributed by atoms with Crippen molar-refractivity contribution in [2.75, 3.05) is 6.61 Å². The topological polar surface area (TPSA) is 66.0 Å². The first-order valence-electron chi connectivity index (χ1n) is 3.53. The second kappa shape index (κ2) is 4.05. The molecule has 0 aromatic carbocycles. The summed E-state index contributed by atoms with van der Waals surface area (Å²) >= 11 is 0. The zero-order valence-electron chi connectivity index (χ0n) is 6.53. The van der Waals surface area contributed by atoms with E-state index in [0.717, 1.165) is 0 Å². The Hall–Kier alpha value is -0.940. The maximum absolute atomic E-state index is 5.31. The van der Waals surface area contributed by atoms with E-state index in [1.54, 1.807) is 11.0 Å². The second-order valence-electron chi connectivity index (χ2n) is 2.03. The smallest absolute Gasteiger partial charge is 0.164 e. The van der Waals surface area contributed by atoms with Crippen LogP contribution in [0.4, 0.5) is 0 Å². The van der Waals surface area contributed by atoms with Crippen molar-refractivity contribution in [3.63, 3.8) is 0 Å². The number of nitrogens with zero attached hydrogens (tertiary/aromatic N) is 3. The molecule has 5 heteroatoms. The van der Waals surface area contributed by atoms with Crippen LogP contribution in [0.5, 0.6) is 0 Å². The van der Waals surface area contributed by atoms with E-state index in [2.05, 4.69) is 10.1 Å². The van der Waals surface area contributed by atoms with E-state index in [1.807, 2.05) is 6.92 Å². The number of hydrogen-bond acceptors (Lipinski definition) is 4. The van der Waals surface area contributed by atoms with Crippen molar-refractivity contribution in [1.29, 1.82) is 0 Å². The van der Waals surface area contributed by atoms with Gasteiger partial charge in [0.05, 0.1) is 6.54 Å². The fourth-order valence-corrected chi connectivity index (χ4v) is 0.674. The minimum Gasteiger partial charge on any atom is -0.359 e. The molecule has 1 aromatic rings. The zero-order valence-corrected chi connectivity index (χ0v) is 6.53. The summed E-state index contributed by atoms with van der Waals surface area (Å²) in [6, 6.07) is 0. The Labute approximate surface area is 65.2 Å². The Morgan fingerprint density at radius 2 is 2.55 bits per heavy atom. The molecule has 0 bridgehead atoms. The van der Waals surface area contributed by atoms with Crippen LogP contribution in [0.15, 0.2) is 6.33 Å². The van der Waals surface area contributed by atoms with E-state index < -0.39 is 0 Å². The number of rotatable bonds is 4. The minimum absolute atomic E-state index is 0.374. The summed E-state index contributed by atoms with van der Waals surface area (Å²) in [5.74, 6) is 0.643. The lowest BCUT2D eigenvalue weighted by Crippen LogP contribution is -2.04. The first-order valence-corrected chi connectivity index (χ1v) is 3.53. The summed E-state index contributed by atoms with van der Waals surface area (Å²) in [6.45, 7) is 3.43. The molecule has 0 fully saturated rings. The average Bonchev–Trinajstić information content (AvgIpc) is 2.48. The van der Waals surface area contributed by atoms with E-state index >= 15 is 0 Å². The first kappa shape index (κ1) is 8.16. The standard InChI is InChI=1S/C6H12N4O/c1-2-11-5-10-4-8-6(3-7)9-10/h4H,2-3,5,7H2,1H3. The molecule has 0 radical (unpaired) electrons. The highest BCUT2D eigenvalue weighted by Crippen LogP contribution is 1.88. The van der Waals surface area contributed by atoms with E-state index in [4.69, 9.17) is 10.5 Å². The van der Waals surface area contributed by atoms with E-state index in [1.165, 1.54) is 0 Å². The Kier molecular flexibility index (Phi) is 3.00. The molecule has 0 saturated heterocycles. The third kappa shape index (κ3) is 2.28. The SMILES string of the molecule is CCOCn1cnc(CN)n1. The molecule has 0 atom stereocenters. The van der Waals surface area contributed by atoms with Crippen molar-refractivity contribution < 1.29 is 4.74 Å². The summed E-state index contributed by atoms with van der Waals surface area (Å²) < 4.78 is 6.71. The van der Waals surface area contributed by atoms with Gasteiger partial charge >= 0.3 is 0 Å². The molecule has 0 amide bonds. The van der Waals surface area contributed by atoms with Crippen LogP contribution >= 0.6 is 0 Å². The predicted octanol–water partition coefficient (Wildman–Crippen LogP) is -0.269. The van der Waals surface area contributed by atoms with Crippen LogP contribution in [0, 0.1) is 0 Å². The molecule has 1 heterocycles. The van der Waals surface area contributed by atoms with Gasteiger partial charge in [-0.25, -0.2) is 9.67 Å². The van der Waals surface area contributed by atoms with Crippen LogP contribution < -0.4 is 5.73 Å². The molecule has 1 rings (SSSR count). The van der Waals surface area contributed by atoms with Crippen LogP contribution in [-0.4, -0.2) is 21.4 Å². The molecular weight excluding hydrogens is 144 g/mol. The van der Waals surface area contributed by atoms with Gasteiger partial charge in [-0.1, -0.05) is 0 Å². The van der Waals surface area contributed by atoms with Crippen LogP contribution in [0.3, 0.4) is 0 Å². The molecule has 62 valence electrons. The highest BCUT2D eigenvalue weighted by molar-refractivity contribution is 4.78. The van der Waals surface area contributed by atoms with Gasteiger partial charge in [0.1, 0.15) is 13.1 Å². The molecule has 11 heavy (non-hydrogen) atoms.